The predicted octanol–water partition coefficient (Wildman–Crippen LogP) is 0.388. The number of nitrogens with zero attached hydrogens (tertiary/aromatic N) is 1. The van der Waals surface area contributed by atoms with Crippen molar-refractivity contribution in [3.8, 4) is 5.69 Å². The molecule has 4 N–H and O–H groups in total. The molecule has 3 heterocycles. The van der Waals surface area contributed by atoms with Gasteiger partial charge < -0.3 is 5.73 Å². The molecule has 0 bridgehead atoms. The van der Waals surface area contributed by atoms with Crippen LogP contribution < -0.4 is 21.9 Å². The molecule has 1 fully saturated rings. The van der Waals surface area contributed by atoms with Crippen molar-refractivity contribution >= 4 is 29.4 Å². The average molecular weight is 394 g/mol. The summed E-state index contributed by atoms with van der Waals surface area (Å²) in [7, 11) is 0. The standard InChI is InChI=1S/C20H18N4O5/c1-2-20(8-7-13(25)22-19(20)29)10-3-5-11(6-4-10)24-14(26)9-12-15(16(24)21)18(28)23-17(12)27/h3-6,9H,2,7-8,21H2,1H3,(H,22,25,29)(H,23,27,28). The molecule has 4 amide bonds. The maximum Gasteiger partial charge on any atom is 0.262 e. The van der Waals surface area contributed by atoms with Gasteiger partial charge in [-0.05, 0) is 30.5 Å². The van der Waals surface area contributed by atoms with E-state index in [9.17, 15) is 24.0 Å². The van der Waals surface area contributed by atoms with Crippen LogP contribution in [0, 0.1) is 0 Å². The second-order valence-electron chi connectivity index (χ2n) is 7.13. The van der Waals surface area contributed by atoms with Crippen molar-refractivity contribution < 1.29 is 19.2 Å². The molecule has 4 rings (SSSR count). The quantitative estimate of drug-likeness (QED) is 0.643. The van der Waals surface area contributed by atoms with Crippen LogP contribution in [0.5, 0.6) is 0 Å². The molecule has 148 valence electrons. The Balaban J connectivity index is 1.78. The third kappa shape index (κ3) is 2.65. The van der Waals surface area contributed by atoms with Crippen LogP contribution in [0.25, 0.3) is 5.69 Å². The number of hydrogen-bond donors (Lipinski definition) is 3. The van der Waals surface area contributed by atoms with Gasteiger partial charge in [-0.3, -0.25) is 39.2 Å². The lowest BCUT2D eigenvalue weighted by Gasteiger charge is -2.35. The lowest BCUT2D eigenvalue weighted by atomic mass is 9.72. The SMILES string of the molecule is CCC1(c2ccc(-n3c(N)c4c(cc3=O)C(=O)NC4=O)cc2)CCC(=O)NC1=O. The van der Waals surface area contributed by atoms with Crippen molar-refractivity contribution in [3.63, 3.8) is 0 Å². The number of imide groups is 2. The highest BCUT2D eigenvalue weighted by Crippen LogP contribution is 2.36. The Bertz CT molecular complexity index is 1150. The van der Waals surface area contributed by atoms with E-state index < -0.39 is 22.8 Å². The van der Waals surface area contributed by atoms with Gasteiger partial charge in [-0.2, -0.15) is 0 Å². The van der Waals surface area contributed by atoms with Gasteiger partial charge in [-0.15, -0.1) is 0 Å². The van der Waals surface area contributed by atoms with E-state index in [4.69, 9.17) is 5.73 Å². The van der Waals surface area contributed by atoms with Crippen LogP contribution in [-0.4, -0.2) is 28.2 Å². The predicted molar refractivity (Wildman–Crippen MR) is 103 cm³/mol. The van der Waals surface area contributed by atoms with Crippen molar-refractivity contribution in [2.24, 2.45) is 0 Å². The van der Waals surface area contributed by atoms with E-state index in [0.29, 0.717) is 18.5 Å². The minimum absolute atomic E-state index is 0.0334. The van der Waals surface area contributed by atoms with Gasteiger partial charge in [0.2, 0.25) is 11.8 Å². The first-order valence-electron chi connectivity index (χ1n) is 9.15. The zero-order chi connectivity index (χ0) is 20.9. The fourth-order valence-corrected chi connectivity index (χ4v) is 4.04. The van der Waals surface area contributed by atoms with Crippen molar-refractivity contribution in [2.45, 2.75) is 31.6 Å². The van der Waals surface area contributed by atoms with Gasteiger partial charge in [-0.25, -0.2) is 0 Å². The van der Waals surface area contributed by atoms with Gasteiger partial charge in [0.05, 0.1) is 22.2 Å². The summed E-state index contributed by atoms with van der Waals surface area (Å²) in [6.07, 6.45) is 1.16. The lowest BCUT2D eigenvalue weighted by Crippen LogP contribution is -2.51. The number of anilines is 1. The summed E-state index contributed by atoms with van der Waals surface area (Å²) in [5.41, 5.74) is 5.70. The smallest absolute Gasteiger partial charge is 0.262 e. The Kier molecular flexibility index (Phi) is 4.11. The monoisotopic (exact) mass is 394 g/mol. The zero-order valence-corrected chi connectivity index (χ0v) is 15.6. The van der Waals surface area contributed by atoms with Crippen molar-refractivity contribution in [3.05, 3.63) is 57.4 Å². The van der Waals surface area contributed by atoms with Crippen LogP contribution in [0.15, 0.2) is 35.1 Å². The molecule has 2 aromatic rings. The summed E-state index contributed by atoms with van der Waals surface area (Å²) < 4.78 is 1.14. The molecule has 0 aliphatic carbocycles. The maximum atomic E-state index is 12.5. The van der Waals surface area contributed by atoms with Gasteiger partial charge in [0.15, 0.2) is 0 Å². The number of piperidine rings is 1. The number of fused-ring (bicyclic) bond motifs is 1. The van der Waals surface area contributed by atoms with Gasteiger partial charge in [0.25, 0.3) is 17.4 Å². The van der Waals surface area contributed by atoms with Crippen LogP contribution in [0.4, 0.5) is 5.82 Å². The number of amides is 4. The second kappa shape index (κ2) is 6.40. The number of aromatic nitrogens is 1. The maximum absolute atomic E-state index is 12.5. The third-order valence-electron chi connectivity index (χ3n) is 5.70. The number of hydrogen-bond acceptors (Lipinski definition) is 6. The van der Waals surface area contributed by atoms with E-state index in [1.165, 1.54) is 0 Å². The molecule has 0 radical (unpaired) electrons. The molecule has 1 saturated heterocycles. The minimum atomic E-state index is -0.826. The molecule has 1 unspecified atom stereocenters. The second-order valence-corrected chi connectivity index (χ2v) is 7.13. The van der Waals surface area contributed by atoms with Crippen molar-refractivity contribution in [1.29, 1.82) is 0 Å². The van der Waals surface area contributed by atoms with E-state index in [1.807, 2.05) is 6.92 Å². The fourth-order valence-electron chi connectivity index (χ4n) is 4.04. The third-order valence-corrected chi connectivity index (χ3v) is 5.70. The molecule has 9 heteroatoms. The topological polar surface area (TPSA) is 140 Å². The first-order valence-corrected chi connectivity index (χ1v) is 9.15. The molecule has 9 nitrogen and oxygen atoms in total. The minimum Gasteiger partial charge on any atom is -0.384 e. The highest BCUT2D eigenvalue weighted by atomic mass is 16.2. The molecular formula is C20H18N4O5. The van der Waals surface area contributed by atoms with Crippen LogP contribution >= 0.6 is 0 Å². The van der Waals surface area contributed by atoms with Crippen LogP contribution in [0.3, 0.4) is 0 Å². The number of carbonyl (C=O) groups is 4. The molecular weight excluding hydrogens is 376 g/mol. The molecule has 1 aromatic carbocycles. The van der Waals surface area contributed by atoms with Gasteiger partial charge in [-0.1, -0.05) is 19.1 Å². The van der Waals surface area contributed by atoms with Gasteiger partial charge in [0, 0.05) is 12.5 Å². The highest BCUT2D eigenvalue weighted by Gasteiger charge is 2.42. The van der Waals surface area contributed by atoms with Crippen LogP contribution in [-0.2, 0) is 15.0 Å². The number of carbonyl (C=O) groups excluding carboxylic acids is 4. The number of benzene rings is 1. The Morgan fingerprint density at radius 1 is 1.03 bits per heavy atom. The number of nitrogens with two attached hydrogens (primary N) is 1. The van der Waals surface area contributed by atoms with E-state index in [-0.39, 0.29) is 35.2 Å². The molecule has 2 aliphatic rings. The summed E-state index contributed by atoms with van der Waals surface area (Å²) in [5.74, 6) is -2.07. The van der Waals surface area contributed by atoms with Crippen molar-refractivity contribution in [2.75, 3.05) is 5.73 Å². The number of pyridine rings is 1. The van der Waals surface area contributed by atoms with Crippen molar-refractivity contribution in [1.82, 2.24) is 15.2 Å². The molecule has 1 atom stereocenters. The largest absolute Gasteiger partial charge is 0.384 e. The first kappa shape index (κ1) is 18.6. The Hall–Kier alpha value is -3.75. The Morgan fingerprint density at radius 3 is 2.34 bits per heavy atom. The molecule has 2 aliphatic heterocycles. The van der Waals surface area contributed by atoms with Crippen LogP contribution in [0.2, 0.25) is 0 Å². The first-order chi connectivity index (χ1) is 13.8. The Morgan fingerprint density at radius 2 is 1.72 bits per heavy atom. The number of nitrogens with one attached hydrogen (secondary N) is 2. The average Bonchev–Trinajstić information content (AvgIpc) is 2.96. The van der Waals surface area contributed by atoms with E-state index in [1.54, 1.807) is 24.3 Å². The molecule has 0 saturated carbocycles. The summed E-state index contributed by atoms with van der Waals surface area (Å²) in [6.45, 7) is 1.88. The van der Waals surface area contributed by atoms with E-state index in [0.717, 1.165) is 16.2 Å². The van der Waals surface area contributed by atoms with Gasteiger partial charge in [0.1, 0.15) is 5.82 Å². The van der Waals surface area contributed by atoms with Gasteiger partial charge >= 0.3 is 0 Å². The summed E-state index contributed by atoms with van der Waals surface area (Å²) in [5, 5.41) is 4.51. The van der Waals surface area contributed by atoms with Crippen LogP contribution in [0.1, 0.15) is 52.5 Å². The van der Waals surface area contributed by atoms with E-state index >= 15 is 0 Å². The lowest BCUT2D eigenvalue weighted by molar-refractivity contribution is -0.138. The highest BCUT2D eigenvalue weighted by molar-refractivity contribution is 6.23. The fraction of sp³-hybridized carbons (Fsp3) is 0.250. The molecule has 29 heavy (non-hydrogen) atoms. The summed E-state index contributed by atoms with van der Waals surface area (Å²) in [4.78, 5) is 60.4. The Labute approximate surface area is 164 Å². The van der Waals surface area contributed by atoms with E-state index in [2.05, 4.69) is 10.6 Å². The summed E-state index contributed by atoms with van der Waals surface area (Å²) in [6, 6.07) is 7.73. The number of rotatable bonds is 3. The molecule has 1 aromatic heterocycles. The molecule has 0 spiro atoms. The number of nitrogen functional groups attached to an aromatic ring is 1. The normalized spacial score (nSPS) is 21.0. The summed E-state index contributed by atoms with van der Waals surface area (Å²) >= 11 is 0. The zero-order valence-electron chi connectivity index (χ0n) is 15.6.